The summed E-state index contributed by atoms with van der Waals surface area (Å²) in [5, 5.41) is 0. The van der Waals surface area contributed by atoms with Crippen molar-refractivity contribution in [3.05, 3.63) is 0 Å². The van der Waals surface area contributed by atoms with E-state index in [1.54, 1.807) is 0 Å². The summed E-state index contributed by atoms with van der Waals surface area (Å²) in [5.41, 5.74) is 0.163. The minimum absolute atomic E-state index is 0.163. The fourth-order valence-electron chi connectivity index (χ4n) is 1.98. The molecule has 1 unspecified atom stereocenters. The highest BCUT2D eigenvalue weighted by Gasteiger charge is 2.44. The standard InChI is InChI=1S/C10H22O2Si/c1-8(2)9-10(3,4)7-11-13(5,6)12-9/h8-9H,7H2,1-6H3. The molecule has 1 aliphatic heterocycles. The van der Waals surface area contributed by atoms with Crippen LogP contribution in [0.4, 0.5) is 0 Å². The van der Waals surface area contributed by atoms with Crippen molar-refractivity contribution in [2.24, 2.45) is 11.3 Å². The molecule has 1 fully saturated rings. The lowest BCUT2D eigenvalue weighted by Gasteiger charge is -2.46. The van der Waals surface area contributed by atoms with E-state index in [9.17, 15) is 0 Å². The highest BCUT2D eigenvalue weighted by atomic mass is 28.4. The third-order valence-corrected chi connectivity index (χ3v) is 4.24. The molecule has 1 atom stereocenters. The first-order valence-corrected chi connectivity index (χ1v) is 7.88. The van der Waals surface area contributed by atoms with E-state index < -0.39 is 8.56 Å². The fourth-order valence-corrected chi connectivity index (χ4v) is 3.97. The lowest BCUT2D eigenvalue weighted by molar-refractivity contribution is -0.0693. The first-order chi connectivity index (χ1) is 5.75. The highest BCUT2D eigenvalue weighted by Crippen LogP contribution is 2.36. The van der Waals surface area contributed by atoms with Gasteiger partial charge in [-0.05, 0) is 19.0 Å². The molecule has 0 aromatic heterocycles. The van der Waals surface area contributed by atoms with E-state index in [4.69, 9.17) is 8.85 Å². The van der Waals surface area contributed by atoms with Gasteiger partial charge in [0.1, 0.15) is 0 Å². The summed E-state index contributed by atoms with van der Waals surface area (Å²) in [6.07, 6.45) is 0.350. The molecule has 3 heteroatoms. The van der Waals surface area contributed by atoms with E-state index >= 15 is 0 Å². The van der Waals surface area contributed by atoms with Gasteiger partial charge in [-0.25, -0.2) is 0 Å². The maximum absolute atomic E-state index is 6.07. The van der Waals surface area contributed by atoms with Gasteiger partial charge in [0, 0.05) is 12.0 Å². The summed E-state index contributed by atoms with van der Waals surface area (Å²) in [7, 11) is -1.81. The molecule has 0 spiro atoms. The first-order valence-electron chi connectivity index (χ1n) is 5.06. The average Bonchev–Trinajstić information content (AvgIpc) is 1.95. The van der Waals surface area contributed by atoms with Gasteiger partial charge in [-0.3, -0.25) is 0 Å². The average molecular weight is 202 g/mol. The summed E-state index contributed by atoms with van der Waals surface area (Å²) in [6.45, 7) is 14.0. The van der Waals surface area contributed by atoms with Crippen LogP contribution in [-0.4, -0.2) is 21.3 Å². The van der Waals surface area contributed by atoms with E-state index in [0.29, 0.717) is 12.0 Å². The van der Waals surface area contributed by atoms with E-state index in [1.807, 2.05) is 0 Å². The zero-order chi connectivity index (χ0) is 10.3. The highest BCUT2D eigenvalue weighted by molar-refractivity contribution is 6.64. The second kappa shape index (κ2) is 3.37. The molecule has 1 saturated heterocycles. The van der Waals surface area contributed by atoms with Gasteiger partial charge in [0.15, 0.2) is 0 Å². The minimum atomic E-state index is -1.81. The molecule has 0 aromatic carbocycles. The molecule has 13 heavy (non-hydrogen) atoms. The molecule has 0 N–H and O–H groups in total. The topological polar surface area (TPSA) is 18.5 Å². The van der Waals surface area contributed by atoms with Gasteiger partial charge in [-0.15, -0.1) is 0 Å². The van der Waals surface area contributed by atoms with Crippen molar-refractivity contribution < 1.29 is 8.85 Å². The number of hydrogen-bond acceptors (Lipinski definition) is 2. The van der Waals surface area contributed by atoms with Gasteiger partial charge < -0.3 is 8.85 Å². The van der Waals surface area contributed by atoms with E-state index in [0.717, 1.165) is 6.61 Å². The second-order valence-electron chi connectivity index (χ2n) is 5.46. The molecule has 0 bridgehead atoms. The van der Waals surface area contributed by atoms with Crippen molar-refractivity contribution in [2.75, 3.05) is 6.61 Å². The molecule has 1 heterocycles. The van der Waals surface area contributed by atoms with Crippen LogP contribution in [0.15, 0.2) is 0 Å². The van der Waals surface area contributed by atoms with Crippen LogP contribution in [0.1, 0.15) is 27.7 Å². The van der Waals surface area contributed by atoms with Crippen LogP contribution in [0.5, 0.6) is 0 Å². The zero-order valence-corrected chi connectivity index (χ0v) is 10.7. The Morgan fingerprint density at radius 2 is 1.85 bits per heavy atom. The lowest BCUT2D eigenvalue weighted by Crippen LogP contribution is -2.55. The second-order valence-corrected chi connectivity index (χ2v) is 8.78. The molecule has 0 saturated carbocycles. The van der Waals surface area contributed by atoms with Crippen LogP contribution in [0.25, 0.3) is 0 Å². The zero-order valence-electron chi connectivity index (χ0n) is 9.68. The van der Waals surface area contributed by atoms with E-state index in [-0.39, 0.29) is 5.41 Å². The van der Waals surface area contributed by atoms with Gasteiger partial charge >= 0.3 is 8.56 Å². The van der Waals surface area contributed by atoms with E-state index in [1.165, 1.54) is 0 Å². The Balaban J connectivity index is 2.76. The van der Waals surface area contributed by atoms with Crippen molar-refractivity contribution >= 4 is 8.56 Å². The maximum atomic E-state index is 6.07. The van der Waals surface area contributed by atoms with Crippen molar-refractivity contribution in [2.45, 2.75) is 46.9 Å². The molecular weight excluding hydrogens is 180 g/mol. The summed E-state index contributed by atoms with van der Waals surface area (Å²) in [4.78, 5) is 0. The number of rotatable bonds is 1. The van der Waals surface area contributed by atoms with E-state index in [2.05, 4.69) is 40.8 Å². The van der Waals surface area contributed by atoms with Gasteiger partial charge in [0.25, 0.3) is 0 Å². The Morgan fingerprint density at radius 3 is 2.23 bits per heavy atom. The van der Waals surface area contributed by atoms with Crippen molar-refractivity contribution in [3.63, 3.8) is 0 Å². The largest absolute Gasteiger partial charge is 0.394 e. The monoisotopic (exact) mass is 202 g/mol. The van der Waals surface area contributed by atoms with Crippen LogP contribution >= 0.6 is 0 Å². The summed E-state index contributed by atoms with van der Waals surface area (Å²) < 4.78 is 11.8. The minimum Gasteiger partial charge on any atom is -0.394 e. The van der Waals surface area contributed by atoms with Crippen molar-refractivity contribution in [1.82, 2.24) is 0 Å². The van der Waals surface area contributed by atoms with Crippen LogP contribution in [-0.2, 0) is 8.85 Å². The molecular formula is C10H22O2Si. The third-order valence-electron chi connectivity index (χ3n) is 2.58. The molecule has 1 rings (SSSR count). The van der Waals surface area contributed by atoms with Crippen LogP contribution in [0.2, 0.25) is 13.1 Å². The third kappa shape index (κ3) is 2.54. The maximum Gasteiger partial charge on any atom is 0.332 e. The van der Waals surface area contributed by atoms with Crippen molar-refractivity contribution in [3.8, 4) is 0 Å². The predicted molar refractivity (Wildman–Crippen MR) is 56.9 cm³/mol. The Hall–Kier alpha value is 0.137. The first kappa shape index (κ1) is 11.2. The van der Waals surface area contributed by atoms with Crippen molar-refractivity contribution in [1.29, 1.82) is 0 Å². The molecule has 0 radical (unpaired) electrons. The SMILES string of the molecule is CC(C)C1O[Si](C)(C)OCC1(C)C. The normalized spacial score (nSPS) is 32.1. The van der Waals surface area contributed by atoms with Crippen LogP contribution in [0.3, 0.4) is 0 Å². The Labute approximate surface area is 82.9 Å². The summed E-state index contributed by atoms with van der Waals surface area (Å²) in [6, 6.07) is 0. The molecule has 2 nitrogen and oxygen atoms in total. The smallest absolute Gasteiger partial charge is 0.332 e. The fraction of sp³-hybridized carbons (Fsp3) is 1.00. The summed E-state index contributed by atoms with van der Waals surface area (Å²) in [5.74, 6) is 0.575. The summed E-state index contributed by atoms with van der Waals surface area (Å²) >= 11 is 0. The molecule has 0 amide bonds. The van der Waals surface area contributed by atoms with Crippen LogP contribution in [0, 0.1) is 11.3 Å². The van der Waals surface area contributed by atoms with Crippen LogP contribution < -0.4 is 0 Å². The van der Waals surface area contributed by atoms with Gasteiger partial charge in [0.2, 0.25) is 0 Å². The van der Waals surface area contributed by atoms with Gasteiger partial charge in [0.05, 0.1) is 6.10 Å². The Morgan fingerprint density at radius 1 is 1.31 bits per heavy atom. The Kier molecular flexibility index (Phi) is 2.91. The van der Waals surface area contributed by atoms with Gasteiger partial charge in [-0.1, -0.05) is 27.7 Å². The predicted octanol–water partition coefficient (Wildman–Crippen LogP) is 2.79. The number of hydrogen-bond donors (Lipinski definition) is 0. The Bertz CT molecular complexity index is 187. The quantitative estimate of drug-likeness (QED) is 0.609. The molecule has 0 aliphatic carbocycles. The lowest BCUT2D eigenvalue weighted by atomic mass is 9.81. The molecule has 1 aliphatic rings. The van der Waals surface area contributed by atoms with Gasteiger partial charge in [-0.2, -0.15) is 0 Å². The molecule has 78 valence electrons. The molecule has 0 aromatic rings.